The van der Waals surface area contributed by atoms with E-state index >= 15 is 0 Å². The van der Waals surface area contributed by atoms with Gasteiger partial charge in [0.1, 0.15) is 0 Å². The Morgan fingerprint density at radius 3 is 2.33 bits per heavy atom. The summed E-state index contributed by atoms with van der Waals surface area (Å²) in [5, 5.41) is 18.7. The van der Waals surface area contributed by atoms with Crippen LogP contribution in [0, 0.1) is 12.3 Å². The summed E-state index contributed by atoms with van der Waals surface area (Å²) in [6.45, 7) is 4.12. The summed E-state index contributed by atoms with van der Waals surface area (Å²) in [7, 11) is 0. The van der Waals surface area contributed by atoms with Gasteiger partial charge < -0.3 is 10.2 Å². The number of hydrogen-bond donors (Lipinski definition) is 2. The van der Waals surface area contributed by atoms with Gasteiger partial charge in [-0.1, -0.05) is 36.8 Å². The molecule has 0 atom stereocenters. The van der Waals surface area contributed by atoms with Gasteiger partial charge in [0.25, 0.3) is 0 Å². The zero-order valence-electron chi connectivity index (χ0n) is 9.53. The molecule has 0 amide bonds. The normalized spacial score (nSPS) is 11.7. The number of rotatable bonds is 5. The van der Waals surface area contributed by atoms with Gasteiger partial charge in [0.2, 0.25) is 0 Å². The summed E-state index contributed by atoms with van der Waals surface area (Å²) in [5.74, 6) is 0. The Morgan fingerprint density at radius 1 is 1.20 bits per heavy atom. The molecule has 1 aromatic carbocycles. The van der Waals surface area contributed by atoms with Crippen LogP contribution >= 0.6 is 0 Å². The van der Waals surface area contributed by atoms with E-state index in [-0.39, 0.29) is 18.6 Å². The quantitative estimate of drug-likeness (QED) is 0.776. The van der Waals surface area contributed by atoms with E-state index in [9.17, 15) is 10.2 Å². The maximum absolute atomic E-state index is 9.35. The predicted octanol–water partition coefficient (Wildman–Crippen LogP) is 1.92. The second-order valence-corrected chi connectivity index (χ2v) is 4.34. The molecule has 0 fully saturated rings. The molecule has 2 N–H and O–H groups in total. The van der Waals surface area contributed by atoms with E-state index in [1.807, 2.05) is 19.1 Å². The van der Waals surface area contributed by atoms with Crippen LogP contribution in [-0.4, -0.2) is 23.4 Å². The Balaban J connectivity index is 2.82. The summed E-state index contributed by atoms with van der Waals surface area (Å²) in [6.07, 6.45) is 1.52. The largest absolute Gasteiger partial charge is 0.396 e. The van der Waals surface area contributed by atoms with Crippen LogP contribution in [0.25, 0.3) is 0 Å². The van der Waals surface area contributed by atoms with Crippen molar-refractivity contribution >= 4 is 0 Å². The van der Waals surface area contributed by atoms with Crippen molar-refractivity contribution in [2.45, 2.75) is 26.7 Å². The van der Waals surface area contributed by atoms with Crippen LogP contribution in [0.15, 0.2) is 24.3 Å². The Kier molecular flexibility index (Phi) is 4.30. The van der Waals surface area contributed by atoms with Crippen molar-refractivity contribution in [3.05, 3.63) is 35.4 Å². The molecule has 0 aliphatic carbocycles. The lowest BCUT2D eigenvalue weighted by atomic mass is 9.80. The minimum Gasteiger partial charge on any atom is -0.396 e. The topological polar surface area (TPSA) is 40.5 Å². The van der Waals surface area contributed by atoms with E-state index in [0.29, 0.717) is 0 Å². The summed E-state index contributed by atoms with van der Waals surface area (Å²) < 4.78 is 0. The van der Waals surface area contributed by atoms with E-state index in [0.717, 1.165) is 12.8 Å². The van der Waals surface area contributed by atoms with Crippen molar-refractivity contribution in [2.24, 2.45) is 5.41 Å². The molecule has 0 heterocycles. The Morgan fingerprint density at radius 2 is 1.87 bits per heavy atom. The first-order valence-electron chi connectivity index (χ1n) is 5.43. The second kappa shape index (κ2) is 5.29. The third-order valence-corrected chi connectivity index (χ3v) is 3.08. The van der Waals surface area contributed by atoms with Crippen LogP contribution in [0.1, 0.15) is 24.5 Å². The van der Waals surface area contributed by atoms with Gasteiger partial charge in [-0.05, 0) is 25.3 Å². The molecule has 0 radical (unpaired) electrons. The maximum Gasteiger partial charge on any atom is 0.0512 e. The second-order valence-electron chi connectivity index (χ2n) is 4.34. The smallest absolute Gasteiger partial charge is 0.0512 e. The third kappa shape index (κ3) is 3.05. The van der Waals surface area contributed by atoms with Crippen molar-refractivity contribution in [1.29, 1.82) is 0 Å². The summed E-state index contributed by atoms with van der Waals surface area (Å²) in [5.41, 5.74) is 2.03. The molecule has 15 heavy (non-hydrogen) atoms. The molecule has 0 aliphatic rings. The molecule has 0 bridgehead atoms. The van der Waals surface area contributed by atoms with Crippen molar-refractivity contribution in [1.82, 2.24) is 0 Å². The molecule has 2 nitrogen and oxygen atoms in total. The molecule has 2 heteroatoms. The first kappa shape index (κ1) is 12.2. The average molecular weight is 208 g/mol. The minimum atomic E-state index is -0.367. The van der Waals surface area contributed by atoms with Gasteiger partial charge in [-0.15, -0.1) is 0 Å². The van der Waals surface area contributed by atoms with Gasteiger partial charge in [0.15, 0.2) is 0 Å². The minimum absolute atomic E-state index is 0.0357. The van der Waals surface area contributed by atoms with Gasteiger partial charge in [-0.2, -0.15) is 0 Å². The first-order valence-corrected chi connectivity index (χ1v) is 5.43. The molecule has 0 unspecified atom stereocenters. The molecule has 84 valence electrons. The molecule has 1 aromatic rings. The van der Waals surface area contributed by atoms with Gasteiger partial charge in [0.05, 0.1) is 13.2 Å². The number of aryl methyl sites for hydroxylation is 1. The maximum atomic E-state index is 9.35. The van der Waals surface area contributed by atoms with Crippen molar-refractivity contribution in [2.75, 3.05) is 13.2 Å². The monoisotopic (exact) mass is 208 g/mol. The SMILES string of the molecule is CCC(CO)(CO)Cc1cccc(C)c1. The predicted molar refractivity (Wildman–Crippen MR) is 61.8 cm³/mol. The molecule has 0 saturated carbocycles. The molecule has 1 rings (SSSR count). The van der Waals surface area contributed by atoms with Crippen LogP contribution in [0.2, 0.25) is 0 Å². The lowest BCUT2D eigenvalue weighted by Crippen LogP contribution is -2.31. The zero-order valence-corrected chi connectivity index (χ0v) is 9.53. The van der Waals surface area contributed by atoms with Gasteiger partial charge in [0, 0.05) is 5.41 Å². The van der Waals surface area contributed by atoms with Crippen LogP contribution in [0.3, 0.4) is 0 Å². The molecule has 0 saturated heterocycles. The highest BCUT2D eigenvalue weighted by Crippen LogP contribution is 2.26. The fourth-order valence-electron chi connectivity index (χ4n) is 1.77. The highest BCUT2D eigenvalue weighted by atomic mass is 16.3. The number of aliphatic hydroxyl groups excluding tert-OH is 2. The van der Waals surface area contributed by atoms with Crippen LogP contribution in [0.4, 0.5) is 0 Å². The highest BCUT2D eigenvalue weighted by molar-refractivity contribution is 5.23. The standard InChI is InChI=1S/C13H20O2/c1-3-13(9-14,10-15)8-12-6-4-5-11(2)7-12/h4-7,14-15H,3,8-10H2,1-2H3. The lowest BCUT2D eigenvalue weighted by molar-refractivity contribution is 0.0514. The van der Waals surface area contributed by atoms with Crippen LogP contribution in [0.5, 0.6) is 0 Å². The third-order valence-electron chi connectivity index (χ3n) is 3.08. The Hall–Kier alpha value is -0.860. The van der Waals surface area contributed by atoms with Crippen LogP contribution < -0.4 is 0 Å². The molecular weight excluding hydrogens is 188 g/mol. The summed E-state index contributed by atoms with van der Waals surface area (Å²) >= 11 is 0. The Labute approximate surface area is 91.6 Å². The van der Waals surface area contributed by atoms with Gasteiger partial charge >= 0.3 is 0 Å². The average Bonchev–Trinajstić information content (AvgIpc) is 2.26. The summed E-state index contributed by atoms with van der Waals surface area (Å²) in [6, 6.07) is 8.22. The lowest BCUT2D eigenvalue weighted by Gasteiger charge is -2.28. The van der Waals surface area contributed by atoms with E-state index in [1.54, 1.807) is 0 Å². The van der Waals surface area contributed by atoms with E-state index in [2.05, 4.69) is 19.1 Å². The molecule has 0 spiro atoms. The Bertz CT molecular complexity index is 295. The highest BCUT2D eigenvalue weighted by Gasteiger charge is 2.26. The first-order chi connectivity index (χ1) is 7.15. The fourth-order valence-corrected chi connectivity index (χ4v) is 1.77. The van der Waals surface area contributed by atoms with E-state index in [4.69, 9.17) is 0 Å². The zero-order chi connectivity index (χ0) is 11.3. The number of hydrogen-bond acceptors (Lipinski definition) is 2. The van der Waals surface area contributed by atoms with Crippen LogP contribution in [-0.2, 0) is 6.42 Å². The van der Waals surface area contributed by atoms with E-state index < -0.39 is 0 Å². The molecule has 0 aliphatic heterocycles. The summed E-state index contributed by atoms with van der Waals surface area (Å²) in [4.78, 5) is 0. The number of aliphatic hydroxyl groups is 2. The van der Waals surface area contributed by atoms with Gasteiger partial charge in [-0.3, -0.25) is 0 Å². The van der Waals surface area contributed by atoms with Crippen molar-refractivity contribution in [3.63, 3.8) is 0 Å². The van der Waals surface area contributed by atoms with Gasteiger partial charge in [-0.25, -0.2) is 0 Å². The van der Waals surface area contributed by atoms with Crippen molar-refractivity contribution in [3.8, 4) is 0 Å². The molecule has 0 aromatic heterocycles. The van der Waals surface area contributed by atoms with E-state index in [1.165, 1.54) is 11.1 Å². The van der Waals surface area contributed by atoms with Crippen molar-refractivity contribution < 1.29 is 10.2 Å². The molecular formula is C13H20O2. The number of benzene rings is 1. The fraction of sp³-hybridized carbons (Fsp3) is 0.538.